The van der Waals surface area contributed by atoms with Gasteiger partial charge in [-0.3, -0.25) is 0 Å². The van der Waals surface area contributed by atoms with Gasteiger partial charge in [0.15, 0.2) is 0 Å². The summed E-state index contributed by atoms with van der Waals surface area (Å²) >= 11 is 0. The van der Waals surface area contributed by atoms with E-state index >= 15 is 0 Å². The van der Waals surface area contributed by atoms with Crippen LogP contribution in [0.3, 0.4) is 0 Å². The van der Waals surface area contributed by atoms with Crippen molar-refractivity contribution in [2.45, 2.75) is 20.4 Å². The third-order valence-electron chi connectivity index (χ3n) is 2.95. The van der Waals surface area contributed by atoms with Crippen LogP contribution in [0.4, 0.5) is 5.69 Å². The van der Waals surface area contributed by atoms with Gasteiger partial charge in [0.25, 0.3) is 0 Å². The van der Waals surface area contributed by atoms with Crippen molar-refractivity contribution >= 4 is 5.69 Å². The summed E-state index contributed by atoms with van der Waals surface area (Å²) in [6.45, 7) is 5.15. The first-order valence-electron chi connectivity index (χ1n) is 5.43. The Hall–Kier alpha value is -1.77. The predicted octanol–water partition coefficient (Wildman–Crippen LogP) is 2.66. The number of hydrogen-bond acceptors (Lipinski definition) is 2. The van der Waals surface area contributed by atoms with Crippen LogP contribution in [0.5, 0.6) is 0 Å². The maximum absolute atomic E-state index is 4.03. The topological polar surface area (TPSA) is 31.9 Å². The molecule has 0 atom stereocenters. The predicted molar refractivity (Wildman–Crippen MR) is 66.6 cm³/mol. The molecule has 2 aromatic rings. The molecule has 0 bridgehead atoms. The van der Waals surface area contributed by atoms with E-state index in [2.05, 4.69) is 54.0 Å². The highest BCUT2D eigenvalue weighted by molar-refractivity contribution is 5.55. The SMILES string of the molecule is Cc1cccc(N(C)Cc2cnc[nH]2)c1C. The molecule has 3 heteroatoms. The van der Waals surface area contributed by atoms with E-state index in [1.165, 1.54) is 16.8 Å². The summed E-state index contributed by atoms with van der Waals surface area (Å²) in [5, 5.41) is 0. The summed E-state index contributed by atoms with van der Waals surface area (Å²) in [5.74, 6) is 0. The van der Waals surface area contributed by atoms with E-state index in [-0.39, 0.29) is 0 Å². The average molecular weight is 215 g/mol. The molecule has 0 saturated heterocycles. The van der Waals surface area contributed by atoms with E-state index in [0.29, 0.717) is 0 Å². The van der Waals surface area contributed by atoms with Crippen LogP contribution in [0.2, 0.25) is 0 Å². The smallest absolute Gasteiger partial charge is 0.0922 e. The number of anilines is 1. The maximum atomic E-state index is 4.03. The fraction of sp³-hybridized carbons (Fsp3) is 0.308. The molecule has 0 saturated carbocycles. The van der Waals surface area contributed by atoms with Crippen molar-refractivity contribution in [3.05, 3.63) is 47.5 Å². The van der Waals surface area contributed by atoms with Crippen LogP contribution < -0.4 is 4.90 Å². The van der Waals surface area contributed by atoms with Crippen molar-refractivity contribution in [2.75, 3.05) is 11.9 Å². The average Bonchev–Trinajstić information content (AvgIpc) is 2.74. The van der Waals surface area contributed by atoms with E-state index in [9.17, 15) is 0 Å². The summed E-state index contributed by atoms with van der Waals surface area (Å²) in [5.41, 5.74) is 5.07. The number of benzene rings is 1. The van der Waals surface area contributed by atoms with E-state index in [0.717, 1.165) is 12.2 Å². The quantitative estimate of drug-likeness (QED) is 0.853. The molecule has 3 nitrogen and oxygen atoms in total. The third-order valence-corrected chi connectivity index (χ3v) is 2.95. The standard InChI is InChI=1S/C13H17N3/c1-10-5-4-6-13(11(10)2)16(3)8-12-7-14-9-15-12/h4-7,9H,8H2,1-3H3,(H,14,15). The van der Waals surface area contributed by atoms with Crippen molar-refractivity contribution in [3.63, 3.8) is 0 Å². The molecular weight excluding hydrogens is 198 g/mol. The minimum Gasteiger partial charge on any atom is -0.368 e. The van der Waals surface area contributed by atoms with Crippen molar-refractivity contribution in [2.24, 2.45) is 0 Å². The van der Waals surface area contributed by atoms with E-state index in [1.54, 1.807) is 6.33 Å². The number of rotatable bonds is 3. The fourth-order valence-corrected chi connectivity index (χ4v) is 1.86. The lowest BCUT2D eigenvalue weighted by molar-refractivity contribution is 0.888. The van der Waals surface area contributed by atoms with Crippen LogP contribution in [0.1, 0.15) is 16.8 Å². The second-order valence-corrected chi connectivity index (χ2v) is 4.15. The number of aromatic nitrogens is 2. The van der Waals surface area contributed by atoms with Crippen LogP contribution in [-0.4, -0.2) is 17.0 Å². The molecule has 1 aromatic carbocycles. The molecule has 0 unspecified atom stereocenters. The Bertz CT molecular complexity index is 460. The number of nitrogens with one attached hydrogen (secondary N) is 1. The zero-order valence-corrected chi connectivity index (χ0v) is 9.99. The molecule has 0 aliphatic carbocycles. The highest BCUT2D eigenvalue weighted by Crippen LogP contribution is 2.22. The van der Waals surface area contributed by atoms with Gasteiger partial charge in [-0.15, -0.1) is 0 Å². The highest BCUT2D eigenvalue weighted by Gasteiger charge is 2.06. The number of hydrogen-bond donors (Lipinski definition) is 1. The third kappa shape index (κ3) is 2.08. The Morgan fingerprint density at radius 3 is 2.81 bits per heavy atom. The van der Waals surface area contributed by atoms with Gasteiger partial charge in [0.1, 0.15) is 0 Å². The van der Waals surface area contributed by atoms with Crippen LogP contribution in [-0.2, 0) is 6.54 Å². The van der Waals surface area contributed by atoms with Gasteiger partial charge >= 0.3 is 0 Å². The van der Waals surface area contributed by atoms with Gasteiger partial charge < -0.3 is 9.88 Å². The molecule has 0 amide bonds. The normalized spacial score (nSPS) is 10.4. The Balaban J connectivity index is 2.21. The molecule has 2 rings (SSSR count). The summed E-state index contributed by atoms with van der Waals surface area (Å²) in [4.78, 5) is 9.38. The second kappa shape index (κ2) is 4.39. The molecule has 0 aliphatic heterocycles. The Labute approximate surface area is 96.1 Å². The molecule has 1 aromatic heterocycles. The molecule has 0 spiro atoms. The molecule has 1 heterocycles. The fourth-order valence-electron chi connectivity index (χ4n) is 1.86. The van der Waals surface area contributed by atoms with Crippen LogP contribution >= 0.6 is 0 Å². The first-order chi connectivity index (χ1) is 7.68. The second-order valence-electron chi connectivity index (χ2n) is 4.15. The summed E-state index contributed by atoms with van der Waals surface area (Å²) in [7, 11) is 2.10. The maximum Gasteiger partial charge on any atom is 0.0922 e. The first kappa shape index (κ1) is 10.7. The molecule has 1 N–H and O–H groups in total. The number of H-pyrrole nitrogens is 1. The number of aryl methyl sites for hydroxylation is 1. The monoisotopic (exact) mass is 215 g/mol. The Kier molecular flexibility index (Phi) is 2.95. The van der Waals surface area contributed by atoms with Gasteiger partial charge in [0.2, 0.25) is 0 Å². The summed E-state index contributed by atoms with van der Waals surface area (Å²) < 4.78 is 0. The highest BCUT2D eigenvalue weighted by atomic mass is 15.1. The lowest BCUT2D eigenvalue weighted by atomic mass is 10.1. The number of aromatic amines is 1. The summed E-state index contributed by atoms with van der Waals surface area (Å²) in [6, 6.07) is 6.39. The minimum atomic E-state index is 0.851. The molecule has 0 fully saturated rings. The molecule has 84 valence electrons. The van der Waals surface area contributed by atoms with Crippen molar-refractivity contribution in [1.29, 1.82) is 0 Å². The molecular formula is C13H17N3. The Morgan fingerprint density at radius 2 is 2.12 bits per heavy atom. The largest absolute Gasteiger partial charge is 0.368 e. The summed E-state index contributed by atoms with van der Waals surface area (Å²) in [6.07, 6.45) is 3.58. The van der Waals surface area contributed by atoms with Gasteiger partial charge in [0.05, 0.1) is 18.6 Å². The molecule has 16 heavy (non-hydrogen) atoms. The van der Waals surface area contributed by atoms with E-state index in [1.807, 2.05) is 6.20 Å². The zero-order valence-electron chi connectivity index (χ0n) is 9.99. The number of imidazole rings is 1. The lowest BCUT2D eigenvalue weighted by Crippen LogP contribution is -2.17. The van der Waals surface area contributed by atoms with Gasteiger partial charge in [-0.25, -0.2) is 4.98 Å². The van der Waals surface area contributed by atoms with Gasteiger partial charge in [-0.1, -0.05) is 12.1 Å². The van der Waals surface area contributed by atoms with Gasteiger partial charge in [-0.2, -0.15) is 0 Å². The lowest BCUT2D eigenvalue weighted by Gasteiger charge is -2.21. The molecule has 0 aliphatic rings. The van der Waals surface area contributed by atoms with Gasteiger partial charge in [0, 0.05) is 18.9 Å². The van der Waals surface area contributed by atoms with Gasteiger partial charge in [-0.05, 0) is 31.0 Å². The number of nitrogens with zero attached hydrogens (tertiary/aromatic N) is 2. The van der Waals surface area contributed by atoms with Crippen LogP contribution in [0, 0.1) is 13.8 Å². The molecule has 0 radical (unpaired) electrons. The Morgan fingerprint density at radius 1 is 1.31 bits per heavy atom. The van der Waals surface area contributed by atoms with Crippen molar-refractivity contribution in [1.82, 2.24) is 9.97 Å². The van der Waals surface area contributed by atoms with Crippen LogP contribution in [0.15, 0.2) is 30.7 Å². The van der Waals surface area contributed by atoms with Crippen LogP contribution in [0.25, 0.3) is 0 Å². The zero-order chi connectivity index (χ0) is 11.5. The first-order valence-corrected chi connectivity index (χ1v) is 5.43. The minimum absolute atomic E-state index is 0.851. The van der Waals surface area contributed by atoms with Crippen molar-refractivity contribution in [3.8, 4) is 0 Å². The van der Waals surface area contributed by atoms with Crippen molar-refractivity contribution < 1.29 is 0 Å². The van der Waals surface area contributed by atoms with E-state index < -0.39 is 0 Å². The van der Waals surface area contributed by atoms with E-state index in [4.69, 9.17) is 0 Å².